The van der Waals surface area contributed by atoms with Crippen molar-refractivity contribution in [2.45, 2.75) is 39.2 Å². The SMILES string of the molecule is CCCN1CCC(CCNC(=O)N(C)Cc2ccc3nonc3c2)CC1. The van der Waals surface area contributed by atoms with Gasteiger partial charge in [-0.05, 0) is 79.2 Å². The first kappa shape index (κ1) is 18.6. The van der Waals surface area contributed by atoms with Crippen LogP contribution in [0, 0.1) is 5.92 Å². The van der Waals surface area contributed by atoms with E-state index in [-0.39, 0.29) is 6.03 Å². The molecule has 0 aliphatic carbocycles. The van der Waals surface area contributed by atoms with Crippen molar-refractivity contribution < 1.29 is 9.42 Å². The predicted molar refractivity (Wildman–Crippen MR) is 101 cm³/mol. The lowest BCUT2D eigenvalue weighted by molar-refractivity contribution is 0.177. The Bertz CT molecular complexity index is 709. The molecule has 1 fully saturated rings. The first-order valence-corrected chi connectivity index (χ1v) is 9.58. The van der Waals surface area contributed by atoms with Crippen molar-refractivity contribution in [3.05, 3.63) is 23.8 Å². The van der Waals surface area contributed by atoms with E-state index in [9.17, 15) is 4.79 Å². The van der Waals surface area contributed by atoms with Gasteiger partial charge in [0, 0.05) is 20.1 Å². The van der Waals surface area contributed by atoms with Crippen LogP contribution in [0.25, 0.3) is 11.0 Å². The van der Waals surface area contributed by atoms with Gasteiger partial charge in [-0.2, -0.15) is 0 Å². The molecule has 0 unspecified atom stereocenters. The molecule has 1 aromatic heterocycles. The fourth-order valence-corrected chi connectivity index (χ4v) is 3.60. The summed E-state index contributed by atoms with van der Waals surface area (Å²) < 4.78 is 4.71. The number of amides is 2. The van der Waals surface area contributed by atoms with Gasteiger partial charge in [0.1, 0.15) is 11.0 Å². The monoisotopic (exact) mass is 359 g/mol. The number of piperidine rings is 1. The van der Waals surface area contributed by atoms with Gasteiger partial charge in [0.05, 0.1) is 0 Å². The Labute approximate surface area is 154 Å². The lowest BCUT2D eigenvalue weighted by atomic mass is 9.93. The Hall–Kier alpha value is -2.15. The second-order valence-electron chi connectivity index (χ2n) is 7.25. The molecule has 26 heavy (non-hydrogen) atoms. The molecule has 3 rings (SSSR count). The summed E-state index contributed by atoms with van der Waals surface area (Å²) in [6.07, 6.45) is 4.79. The van der Waals surface area contributed by atoms with Crippen LogP contribution in [0.1, 0.15) is 38.2 Å². The summed E-state index contributed by atoms with van der Waals surface area (Å²) in [6, 6.07) is 5.67. The minimum Gasteiger partial charge on any atom is -0.338 e. The summed E-state index contributed by atoms with van der Waals surface area (Å²) in [5.41, 5.74) is 2.45. The molecule has 1 saturated heterocycles. The molecule has 0 saturated carbocycles. The summed E-state index contributed by atoms with van der Waals surface area (Å²) in [7, 11) is 1.81. The van der Waals surface area contributed by atoms with E-state index in [4.69, 9.17) is 4.63 Å². The van der Waals surface area contributed by atoms with E-state index in [0.29, 0.717) is 12.1 Å². The van der Waals surface area contributed by atoms with Crippen LogP contribution < -0.4 is 5.32 Å². The lowest BCUT2D eigenvalue weighted by Gasteiger charge is -2.31. The summed E-state index contributed by atoms with van der Waals surface area (Å²) in [6.45, 7) is 7.12. The summed E-state index contributed by atoms with van der Waals surface area (Å²) in [4.78, 5) is 16.5. The van der Waals surface area contributed by atoms with E-state index < -0.39 is 0 Å². The van der Waals surface area contributed by atoms with Crippen LogP contribution in [0.4, 0.5) is 4.79 Å². The maximum atomic E-state index is 12.3. The zero-order valence-electron chi connectivity index (χ0n) is 15.8. The Balaban J connectivity index is 1.37. The molecule has 0 bridgehead atoms. The molecule has 0 atom stereocenters. The van der Waals surface area contributed by atoms with Gasteiger partial charge in [-0.25, -0.2) is 9.42 Å². The first-order valence-electron chi connectivity index (χ1n) is 9.58. The van der Waals surface area contributed by atoms with Crippen molar-refractivity contribution in [3.63, 3.8) is 0 Å². The number of nitrogens with one attached hydrogen (secondary N) is 1. The number of nitrogens with zero attached hydrogens (tertiary/aromatic N) is 4. The fourth-order valence-electron chi connectivity index (χ4n) is 3.60. The molecule has 0 spiro atoms. The van der Waals surface area contributed by atoms with E-state index in [1.54, 1.807) is 4.90 Å². The maximum absolute atomic E-state index is 12.3. The molecule has 7 nitrogen and oxygen atoms in total. The van der Waals surface area contributed by atoms with E-state index in [1.165, 1.54) is 38.9 Å². The third kappa shape index (κ3) is 4.94. The number of urea groups is 1. The van der Waals surface area contributed by atoms with Crippen molar-refractivity contribution in [3.8, 4) is 0 Å². The van der Waals surface area contributed by atoms with Gasteiger partial charge >= 0.3 is 6.03 Å². The minimum absolute atomic E-state index is 0.0354. The zero-order valence-corrected chi connectivity index (χ0v) is 15.8. The Kier molecular flexibility index (Phi) is 6.44. The molecule has 1 N–H and O–H groups in total. The third-order valence-corrected chi connectivity index (χ3v) is 5.16. The second kappa shape index (κ2) is 8.98. The van der Waals surface area contributed by atoms with Crippen molar-refractivity contribution in [1.82, 2.24) is 25.4 Å². The van der Waals surface area contributed by atoms with E-state index in [2.05, 4.69) is 27.5 Å². The third-order valence-electron chi connectivity index (χ3n) is 5.16. The van der Waals surface area contributed by atoms with Crippen LogP contribution in [0.5, 0.6) is 0 Å². The zero-order chi connectivity index (χ0) is 18.4. The number of fused-ring (bicyclic) bond motifs is 1. The largest absolute Gasteiger partial charge is 0.338 e. The highest BCUT2D eigenvalue weighted by Crippen LogP contribution is 2.20. The average molecular weight is 359 g/mol. The summed E-state index contributed by atoms with van der Waals surface area (Å²) >= 11 is 0. The summed E-state index contributed by atoms with van der Waals surface area (Å²) in [5, 5.41) is 10.7. The Morgan fingerprint density at radius 1 is 1.31 bits per heavy atom. The van der Waals surface area contributed by atoms with E-state index >= 15 is 0 Å². The van der Waals surface area contributed by atoms with Gasteiger partial charge in [-0.15, -0.1) is 0 Å². The number of carbonyl (C=O) groups excluding carboxylic acids is 1. The van der Waals surface area contributed by atoms with Gasteiger partial charge < -0.3 is 15.1 Å². The second-order valence-corrected chi connectivity index (χ2v) is 7.25. The molecule has 1 aliphatic rings. The number of aromatic nitrogens is 2. The van der Waals surface area contributed by atoms with Crippen LogP contribution >= 0.6 is 0 Å². The minimum atomic E-state index is -0.0354. The number of hydrogen-bond acceptors (Lipinski definition) is 5. The number of likely N-dealkylation sites (tertiary alicyclic amines) is 1. The van der Waals surface area contributed by atoms with E-state index in [0.717, 1.165) is 30.0 Å². The van der Waals surface area contributed by atoms with Crippen molar-refractivity contribution in [1.29, 1.82) is 0 Å². The molecular weight excluding hydrogens is 330 g/mol. The molecular formula is C19H29N5O2. The van der Waals surface area contributed by atoms with Crippen LogP contribution in [0.2, 0.25) is 0 Å². The van der Waals surface area contributed by atoms with Gasteiger partial charge in [-0.1, -0.05) is 13.0 Å². The predicted octanol–water partition coefficient (Wildman–Crippen LogP) is 2.88. The van der Waals surface area contributed by atoms with Crippen LogP contribution in [-0.4, -0.2) is 59.4 Å². The highest BCUT2D eigenvalue weighted by molar-refractivity contribution is 5.75. The quantitative estimate of drug-likeness (QED) is 0.823. The molecule has 0 radical (unpaired) electrons. The highest BCUT2D eigenvalue weighted by Gasteiger charge is 2.18. The van der Waals surface area contributed by atoms with Gasteiger partial charge in [0.15, 0.2) is 0 Å². The molecule has 2 aromatic rings. The van der Waals surface area contributed by atoms with E-state index in [1.807, 2.05) is 25.2 Å². The molecule has 2 heterocycles. The molecule has 1 aromatic carbocycles. The van der Waals surface area contributed by atoms with Gasteiger partial charge in [0.2, 0.25) is 0 Å². The molecule has 7 heteroatoms. The molecule has 142 valence electrons. The normalized spacial score (nSPS) is 16.1. The fraction of sp³-hybridized carbons (Fsp3) is 0.632. The van der Waals surface area contributed by atoms with Crippen molar-refractivity contribution in [2.24, 2.45) is 5.92 Å². The van der Waals surface area contributed by atoms with Crippen LogP contribution in [-0.2, 0) is 6.54 Å². The standard InChI is InChI=1S/C19H29N5O2/c1-3-10-24-11-7-15(8-12-24)6-9-20-19(25)23(2)14-16-4-5-17-18(13-16)22-26-21-17/h4-5,13,15H,3,6-12,14H2,1-2H3,(H,20,25). The number of hydrogen-bond donors (Lipinski definition) is 1. The Morgan fingerprint density at radius 2 is 2.08 bits per heavy atom. The average Bonchev–Trinajstić information content (AvgIpc) is 3.11. The Morgan fingerprint density at radius 3 is 2.85 bits per heavy atom. The van der Waals surface area contributed by atoms with Crippen LogP contribution in [0.3, 0.4) is 0 Å². The molecule has 2 amide bonds. The number of rotatable bonds is 7. The molecule has 1 aliphatic heterocycles. The van der Waals surface area contributed by atoms with Crippen LogP contribution in [0.15, 0.2) is 22.8 Å². The topological polar surface area (TPSA) is 74.5 Å². The highest BCUT2D eigenvalue weighted by atomic mass is 16.6. The van der Waals surface area contributed by atoms with Gasteiger partial charge in [0.25, 0.3) is 0 Å². The number of benzene rings is 1. The lowest BCUT2D eigenvalue weighted by Crippen LogP contribution is -2.39. The first-order chi connectivity index (χ1) is 12.7. The van der Waals surface area contributed by atoms with Crippen molar-refractivity contribution >= 4 is 17.1 Å². The van der Waals surface area contributed by atoms with Gasteiger partial charge in [-0.3, -0.25) is 0 Å². The number of carbonyl (C=O) groups is 1. The van der Waals surface area contributed by atoms with Crippen molar-refractivity contribution in [2.75, 3.05) is 33.2 Å². The smallest absolute Gasteiger partial charge is 0.317 e. The summed E-state index contributed by atoms with van der Waals surface area (Å²) in [5.74, 6) is 0.732. The maximum Gasteiger partial charge on any atom is 0.317 e.